The fourth-order valence-electron chi connectivity index (χ4n) is 1.87. The Balaban J connectivity index is 2.94. The quantitative estimate of drug-likeness (QED) is 0.734. The van der Waals surface area contributed by atoms with Gasteiger partial charge in [0.25, 0.3) is 0 Å². The first-order valence-corrected chi connectivity index (χ1v) is 5.15. The molecule has 0 amide bonds. The molecule has 2 nitrogen and oxygen atoms in total. The standard InChI is InChI=1S/C14H13NO/c1-4-11-6-5-7-12-9(2)10(3)13(8-16)15-14(11)12/h1,5-7,16H,8H2,2-3H3. The molecule has 0 spiro atoms. The Morgan fingerprint density at radius 1 is 1.31 bits per heavy atom. The molecule has 1 aromatic carbocycles. The lowest BCUT2D eigenvalue weighted by molar-refractivity contribution is 0.276. The second kappa shape index (κ2) is 3.96. The van der Waals surface area contributed by atoms with Gasteiger partial charge in [0.15, 0.2) is 0 Å². The smallest absolute Gasteiger partial charge is 0.0865 e. The van der Waals surface area contributed by atoms with Crippen molar-refractivity contribution >= 4 is 10.9 Å². The highest BCUT2D eigenvalue weighted by molar-refractivity contribution is 5.88. The summed E-state index contributed by atoms with van der Waals surface area (Å²) in [5.41, 5.74) is 4.44. The molecule has 2 rings (SSSR count). The van der Waals surface area contributed by atoms with Gasteiger partial charge in [0.1, 0.15) is 0 Å². The molecule has 1 heterocycles. The number of fused-ring (bicyclic) bond motifs is 1. The van der Waals surface area contributed by atoms with Crippen molar-refractivity contribution in [3.63, 3.8) is 0 Å². The summed E-state index contributed by atoms with van der Waals surface area (Å²) in [6, 6.07) is 5.81. The van der Waals surface area contributed by atoms with Crippen molar-refractivity contribution < 1.29 is 5.11 Å². The molecule has 2 heteroatoms. The number of hydrogen-bond acceptors (Lipinski definition) is 2. The Morgan fingerprint density at radius 3 is 2.69 bits per heavy atom. The van der Waals surface area contributed by atoms with Crippen LogP contribution in [0.5, 0.6) is 0 Å². The number of aryl methyl sites for hydroxylation is 1. The Labute approximate surface area is 95.0 Å². The van der Waals surface area contributed by atoms with Gasteiger partial charge in [-0.2, -0.15) is 0 Å². The zero-order valence-electron chi connectivity index (χ0n) is 9.41. The van der Waals surface area contributed by atoms with E-state index in [9.17, 15) is 5.11 Å². The molecule has 0 bridgehead atoms. The monoisotopic (exact) mass is 211 g/mol. The molecule has 1 aromatic heterocycles. The minimum Gasteiger partial charge on any atom is -0.390 e. The van der Waals surface area contributed by atoms with E-state index in [2.05, 4.69) is 10.9 Å². The highest BCUT2D eigenvalue weighted by atomic mass is 16.3. The Kier molecular flexibility index (Phi) is 2.64. The van der Waals surface area contributed by atoms with Gasteiger partial charge in [0.2, 0.25) is 0 Å². The molecule has 16 heavy (non-hydrogen) atoms. The molecule has 80 valence electrons. The van der Waals surface area contributed by atoms with Gasteiger partial charge in [-0.25, -0.2) is 4.98 Å². The highest BCUT2D eigenvalue weighted by Crippen LogP contribution is 2.24. The maximum absolute atomic E-state index is 9.25. The number of para-hydroxylation sites is 1. The van der Waals surface area contributed by atoms with Crippen LogP contribution in [0.15, 0.2) is 18.2 Å². The number of aromatic nitrogens is 1. The van der Waals surface area contributed by atoms with Gasteiger partial charge in [-0.05, 0) is 31.0 Å². The van der Waals surface area contributed by atoms with Crippen LogP contribution in [0.25, 0.3) is 10.9 Å². The first-order chi connectivity index (χ1) is 7.69. The summed E-state index contributed by atoms with van der Waals surface area (Å²) in [4.78, 5) is 4.43. The van der Waals surface area contributed by atoms with E-state index < -0.39 is 0 Å². The van der Waals surface area contributed by atoms with Crippen LogP contribution in [0.3, 0.4) is 0 Å². The first kappa shape index (κ1) is 10.7. The molecular weight excluding hydrogens is 198 g/mol. The van der Waals surface area contributed by atoms with E-state index in [0.717, 1.165) is 27.6 Å². The summed E-state index contributed by atoms with van der Waals surface area (Å²) in [6.07, 6.45) is 5.44. The molecule has 1 N–H and O–H groups in total. The lowest BCUT2D eigenvalue weighted by Crippen LogP contribution is -1.99. The van der Waals surface area contributed by atoms with Crippen molar-refractivity contribution in [3.8, 4) is 12.3 Å². The van der Waals surface area contributed by atoms with Crippen LogP contribution in [0.4, 0.5) is 0 Å². The topological polar surface area (TPSA) is 33.1 Å². The molecule has 2 aromatic rings. The first-order valence-electron chi connectivity index (χ1n) is 5.15. The van der Waals surface area contributed by atoms with Crippen LogP contribution in [-0.2, 0) is 6.61 Å². The third kappa shape index (κ3) is 1.46. The molecule has 0 atom stereocenters. The van der Waals surface area contributed by atoms with Gasteiger partial charge in [0, 0.05) is 5.39 Å². The van der Waals surface area contributed by atoms with Crippen molar-refractivity contribution in [2.24, 2.45) is 0 Å². The summed E-state index contributed by atoms with van der Waals surface area (Å²) in [6.45, 7) is 3.94. The summed E-state index contributed by atoms with van der Waals surface area (Å²) in [5.74, 6) is 2.62. The SMILES string of the molecule is C#Cc1cccc2c(C)c(C)c(CO)nc12. The fourth-order valence-corrected chi connectivity index (χ4v) is 1.87. The summed E-state index contributed by atoms with van der Waals surface area (Å²) in [5, 5.41) is 10.3. The number of terminal acetylenes is 1. The Morgan fingerprint density at radius 2 is 2.06 bits per heavy atom. The van der Waals surface area contributed by atoms with Gasteiger partial charge >= 0.3 is 0 Å². The van der Waals surface area contributed by atoms with Crippen LogP contribution in [0.2, 0.25) is 0 Å². The summed E-state index contributed by atoms with van der Waals surface area (Å²) >= 11 is 0. The van der Waals surface area contributed by atoms with Gasteiger partial charge in [0.05, 0.1) is 23.4 Å². The van der Waals surface area contributed by atoms with Crippen molar-refractivity contribution in [2.45, 2.75) is 20.5 Å². The number of hydrogen-bond donors (Lipinski definition) is 1. The molecule has 0 saturated heterocycles. The summed E-state index contributed by atoms with van der Waals surface area (Å²) in [7, 11) is 0. The van der Waals surface area contributed by atoms with Crippen molar-refractivity contribution in [3.05, 3.63) is 40.6 Å². The Hall–Kier alpha value is -1.85. The molecule has 0 radical (unpaired) electrons. The molecule has 0 aliphatic rings. The van der Waals surface area contributed by atoms with E-state index in [-0.39, 0.29) is 6.61 Å². The second-order valence-electron chi connectivity index (χ2n) is 3.81. The summed E-state index contributed by atoms with van der Waals surface area (Å²) < 4.78 is 0. The van der Waals surface area contributed by atoms with E-state index in [1.807, 2.05) is 32.0 Å². The van der Waals surface area contributed by atoms with Gasteiger partial charge in [-0.1, -0.05) is 18.1 Å². The van der Waals surface area contributed by atoms with E-state index in [1.165, 1.54) is 0 Å². The van der Waals surface area contributed by atoms with Crippen molar-refractivity contribution in [1.29, 1.82) is 0 Å². The molecule has 0 fully saturated rings. The fraction of sp³-hybridized carbons (Fsp3) is 0.214. The molecule has 0 unspecified atom stereocenters. The van der Waals surface area contributed by atoms with Crippen molar-refractivity contribution in [2.75, 3.05) is 0 Å². The van der Waals surface area contributed by atoms with Crippen LogP contribution in [-0.4, -0.2) is 10.1 Å². The van der Waals surface area contributed by atoms with Crippen LogP contribution < -0.4 is 0 Å². The lowest BCUT2D eigenvalue weighted by atomic mass is 10.0. The minimum atomic E-state index is -0.0540. The zero-order valence-corrected chi connectivity index (χ0v) is 9.41. The van der Waals surface area contributed by atoms with Gasteiger partial charge in [-0.3, -0.25) is 0 Å². The maximum Gasteiger partial charge on any atom is 0.0865 e. The van der Waals surface area contributed by atoms with Crippen LogP contribution in [0, 0.1) is 26.2 Å². The van der Waals surface area contributed by atoms with Crippen molar-refractivity contribution in [1.82, 2.24) is 4.98 Å². The molecule has 0 saturated carbocycles. The van der Waals surface area contributed by atoms with Crippen LogP contribution in [0.1, 0.15) is 22.4 Å². The number of aliphatic hydroxyl groups is 1. The Bertz CT molecular complexity index is 594. The van der Waals surface area contributed by atoms with Gasteiger partial charge < -0.3 is 5.11 Å². The highest BCUT2D eigenvalue weighted by Gasteiger charge is 2.09. The average molecular weight is 211 g/mol. The number of benzene rings is 1. The van der Waals surface area contributed by atoms with E-state index in [1.54, 1.807) is 0 Å². The van der Waals surface area contributed by atoms with Crippen LogP contribution >= 0.6 is 0 Å². The molecule has 0 aliphatic carbocycles. The van der Waals surface area contributed by atoms with Gasteiger partial charge in [-0.15, -0.1) is 6.42 Å². The number of nitrogens with zero attached hydrogens (tertiary/aromatic N) is 1. The maximum atomic E-state index is 9.25. The van der Waals surface area contributed by atoms with E-state index in [4.69, 9.17) is 6.42 Å². The third-order valence-electron chi connectivity index (χ3n) is 2.99. The average Bonchev–Trinajstić information content (AvgIpc) is 2.33. The second-order valence-corrected chi connectivity index (χ2v) is 3.81. The normalized spacial score (nSPS) is 10.4. The van der Waals surface area contributed by atoms with E-state index in [0.29, 0.717) is 5.69 Å². The number of pyridine rings is 1. The van der Waals surface area contributed by atoms with E-state index >= 15 is 0 Å². The predicted molar refractivity (Wildman–Crippen MR) is 65.1 cm³/mol. The molecule has 0 aliphatic heterocycles. The molecular formula is C14H13NO. The number of aliphatic hydroxyl groups excluding tert-OH is 1. The minimum absolute atomic E-state index is 0.0540. The third-order valence-corrected chi connectivity index (χ3v) is 2.99. The lowest BCUT2D eigenvalue weighted by Gasteiger charge is -2.10. The largest absolute Gasteiger partial charge is 0.390 e. The number of rotatable bonds is 1. The predicted octanol–water partition coefficient (Wildman–Crippen LogP) is 2.33. The zero-order chi connectivity index (χ0) is 11.7.